The van der Waals surface area contributed by atoms with Crippen LogP contribution in [0.2, 0.25) is 0 Å². The molecule has 0 aromatic heterocycles. The molecule has 0 amide bonds. The fraction of sp³-hybridized carbons (Fsp3) is 1.00. The van der Waals surface area contributed by atoms with Gasteiger partial charge < -0.3 is 10.2 Å². The van der Waals surface area contributed by atoms with Crippen LogP contribution in [-0.4, -0.2) is 34.4 Å². The molecule has 0 saturated heterocycles. The van der Waals surface area contributed by atoms with E-state index in [0.717, 1.165) is 5.75 Å². The summed E-state index contributed by atoms with van der Waals surface area (Å²) in [6.07, 6.45) is 10.3. The van der Waals surface area contributed by atoms with Crippen LogP contribution in [0.3, 0.4) is 0 Å². The lowest BCUT2D eigenvalue weighted by molar-refractivity contribution is 0.113. The molecule has 0 saturated carbocycles. The molecule has 0 radical (unpaired) electrons. The predicted molar refractivity (Wildman–Crippen MR) is 73.0 cm³/mol. The van der Waals surface area contributed by atoms with E-state index in [1.807, 2.05) is 0 Å². The quantitative estimate of drug-likeness (QED) is 0.521. The lowest BCUT2D eigenvalue weighted by Crippen LogP contribution is -2.14. The first-order chi connectivity index (χ1) is 7.81. The van der Waals surface area contributed by atoms with Gasteiger partial charge in [-0.25, -0.2) is 0 Å². The molecule has 0 rings (SSSR count). The fourth-order valence-corrected chi connectivity index (χ4v) is 2.56. The molecule has 0 aliphatic heterocycles. The lowest BCUT2D eigenvalue weighted by atomic mass is 10.1. The van der Waals surface area contributed by atoms with Crippen LogP contribution >= 0.6 is 11.8 Å². The Labute approximate surface area is 105 Å². The smallest absolute Gasteiger partial charge is 0.0861 e. The molecule has 2 nitrogen and oxygen atoms in total. The summed E-state index contributed by atoms with van der Waals surface area (Å²) in [6, 6.07) is 0. The van der Waals surface area contributed by atoms with Crippen LogP contribution in [0.5, 0.6) is 0 Å². The molecule has 0 aliphatic rings. The minimum Gasteiger partial charge on any atom is -0.394 e. The summed E-state index contributed by atoms with van der Waals surface area (Å²) >= 11 is 1.75. The van der Waals surface area contributed by atoms with Gasteiger partial charge in [-0.3, -0.25) is 0 Å². The van der Waals surface area contributed by atoms with Crippen molar-refractivity contribution in [2.75, 3.05) is 18.1 Å². The van der Waals surface area contributed by atoms with E-state index in [9.17, 15) is 0 Å². The summed E-state index contributed by atoms with van der Waals surface area (Å²) < 4.78 is 0. The zero-order chi connectivity index (χ0) is 12.1. The van der Waals surface area contributed by atoms with Gasteiger partial charge >= 0.3 is 0 Å². The molecule has 0 heterocycles. The van der Waals surface area contributed by atoms with Gasteiger partial charge in [-0.2, -0.15) is 11.8 Å². The topological polar surface area (TPSA) is 40.5 Å². The zero-order valence-corrected chi connectivity index (χ0v) is 11.5. The van der Waals surface area contributed by atoms with Crippen LogP contribution in [0.25, 0.3) is 0 Å². The summed E-state index contributed by atoms with van der Waals surface area (Å²) in [5, 5.41) is 17.7. The predicted octanol–water partition coefficient (Wildman–Crippen LogP) is 3.21. The van der Waals surface area contributed by atoms with Crippen LogP contribution in [0, 0.1) is 0 Å². The molecule has 0 unspecified atom stereocenters. The minimum atomic E-state index is -0.529. The second-order valence-corrected chi connectivity index (χ2v) is 5.54. The fourth-order valence-electron chi connectivity index (χ4n) is 1.61. The maximum Gasteiger partial charge on any atom is 0.0861 e. The van der Waals surface area contributed by atoms with E-state index >= 15 is 0 Å². The Balaban J connectivity index is 2.93. The van der Waals surface area contributed by atoms with E-state index in [1.165, 1.54) is 51.4 Å². The SMILES string of the molecule is CCCCCCCCCCSC[C@H](O)CO. The summed E-state index contributed by atoms with van der Waals surface area (Å²) in [5.74, 6) is 1.79. The second kappa shape index (κ2) is 13.3. The van der Waals surface area contributed by atoms with Crippen LogP contribution in [0.4, 0.5) is 0 Å². The van der Waals surface area contributed by atoms with Crippen molar-refractivity contribution >= 4 is 11.8 Å². The van der Waals surface area contributed by atoms with E-state index in [4.69, 9.17) is 10.2 Å². The summed E-state index contributed by atoms with van der Waals surface area (Å²) in [5.41, 5.74) is 0. The maximum absolute atomic E-state index is 9.11. The molecule has 1 atom stereocenters. The number of hydrogen-bond donors (Lipinski definition) is 2. The van der Waals surface area contributed by atoms with Gasteiger partial charge in [0.1, 0.15) is 0 Å². The second-order valence-electron chi connectivity index (χ2n) is 4.39. The van der Waals surface area contributed by atoms with E-state index in [2.05, 4.69) is 6.92 Å². The number of rotatable bonds is 12. The third kappa shape index (κ3) is 12.3. The molecule has 0 aromatic rings. The minimum absolute atomic E-state index is 0.107. The highest BCUT2D eigenvalue weighted by molar-refractivity contribution is 7.99. The monoisotopic (exact) mass is 248 g/mol. The van der Waals surface area contributed by atoms with Crippen molar-refractivity contribution in [3.05, 3.63) is 0 Å². The first-order valence-electron chi connectivity index (χ1n) is 6.68. The van der Waals surface area contributed by atoms with Gasteiger partial charge in [-0.1, -0.05) is 51.9 Å². The van der Waals surface area contributed by atoms with Gasteiger partial charge in [0, 0.05) is 5.75 Å². The lowest BCUT2D eigenvalue weighted by Gasteiger charge is -2.06. The van der Waals surface area contributed by atoms with Crippen LogP contribution in [-0.2, 0) is 0 Å². The van der Waals surface area contributed by atoms with Gasteiger partial charge in [0.25, 0.3) is 0 Å². The van der Waals surface area contributed by atoms with E-state index in [0.29, 0.717) is 5.75 Å². The molecule has 0 fully saturated rings. The molecule has 2 N–H and O–H groups in total. The number of aliphatic hydroxyl groups excluding tert-OH is 2. The first kappa shape index (κ1) is 16.3. The van der Waals surface area contributed by atoms with Crippen molar-refractivity contribution in [1.29, 1.82) is 0 Å². The standard InChI is InChI=1S/C13H28O2S/c1-2-3-4-5-6-7-8-9-10-16-12-13(15)11-14/h13-15H,2-12H2,1H3/t13-/m1/s1. The largest absolute Gasteiger partial charge is 0.394 e. The molecule has 98 valence electrons. The molecule has 3 heteroatoms. The number of thioether (sulfide) groups is 1. The Bertz CT molecular complexity index is 131. The Morgan fingerprint density at radius 1 is 0.938 bits per heavy atom. The summed E-state index contributed by atoms with van der Waals surface area (Å²) in [6.45, 7) is 2.14. The van der Waals surface area contributed by atoms with Crippen LogP contribution < -0.4 is 0 Å². The first-order valence-corrected chi connectivity index (χ1v) is 7.83. The molecular formula is C13H28O2S. The Hall–Kier alpha value is 0.270. The van der Waals surface area contributed by atoms with Crippen molar-refractivity contribution < 1.29 is 10.2 Å². The van der Waals surface area contributed by atoms with Crippen LogP contribution in [0.1, 0.15) is 58.3 Å². The molecule has 16 heavy (non-hydrogen) atoms. The Kier molecular flexibility index (Phi) is 13.6. The third-order valence-electron chi connectivity index (χ3n) is 2.66. The molecule has 0 bridgehead atoms. The summed E-state index contributed by atoms with van der Waals surface area (Å²) in [4.78, 5) is 0. The van der Waals surface area contributed by atoms with Gasteiger partial charge in [0.05, 0.1) is 12.7 Å². The normalized spacial score (nSPS) is 12.9. The molecule has 0 spiro atoms. The zero-order valence-electron chi connectivity index (χ0n) is 10.7. The van der Waals surface area contributed by atoms with Gasteiger partial charge in [0.2, 0.25) is 0 Å². The van der Waals surface area contributed by atoms with Gasteiger partial charge in [-0.15, -0.1) is 0 Å². The molecule has 0 aliphatic carbocycles. The van der Waals surface area contributed by atoms with Crippen molar-refractivity contribution in [3.63, 3.8) is 0 Å². The number of aliphatic hydroxyl groups is 2. The van der Waals surface area contributed by atoms with E-state index < -0.39 is 6.10 Å². The average molecular weight is 248 g/mol. The highest BCUT2D eigenvalue weighted by atomic mass is 32.2. The molecular weight excluding hydrogens is 220 g/mol. The van der Waals surface area contributed by atoms with Gasteiger partial charge in [0.15, 0.2) is 0 Å². The van der Waals surface area contributed by atoms with Crippen molar-refractivity contribution in [1.82, 2.24) is 0 Å². The maximum atomic E-state index is 9.11. The van der Waals surface area contributed by atoms with Gasteiger partial charge in [-0.05, 0) is 12.2 Å². The van der Waals surface area contributed by atoms with Crippen molar-refractivity contribution in [2.45, 2.75) is 64.4 Å². The highest BCUT2D eigenvalue weighted by Gasteiger charge is 2.00. The third-order valence-corrected chi connectivity index (χ3v) is 3.86. The van der Waals surface area contributed by atoms with Crippen molar-refractivity contribution in [2.24, 2.45) is 0 Å². The number of unbranched alkanes of at least 4 members (excludes halogenated alkanes) is 7. The van der Waals surface area contributed by atoms with E-state index in [-0.39, 0.29) is 6.61 Å². The van der Waals surface area contributed by atoms with Crippen molar-refractivity contribution in [3.8, 4) is 0 Å². The van der Waals surface area contributed by atoms with Crippen LogP contribution in [0.15, 0.2) is 0 Å². The average Bonchev–Trinajstić information content (AvgIpc) is 2.31. The Morgan fingerprint density at radius 2 is 1.50 bits per heavy atom. The van der Waals surface area contributed by atoms with E-state index in [1.54, 1.807) is 11.8 Å². The molecule has 0 aromatic carbocycles. The Morgan fingerprint density at radius 3 is 2.06 bits per heavy atom. The summed E-state index contributed by atoms with van der Waals surface area (Å²) in [7, 11) is 0. The number of hydrogen-bond acceptors (Lipinski definition) is 3. The highest BCUT2D eigenvalue weighted by Crippen LogP contribution is 2.11.